The van der Waals surface area contributed by atoms with E-state index in [1.54, 1.807) is 49.8 Å². The molecular weight excluding hydrogens is 322 g/mol. The van der Waals surface area contributed by atoms with E-state index in [4.69, 9.17) is 10.5 Å². The summed E-state index contributed by atoms with van der Waals surface area (Å²) < 4.78 is 6.68. The lowest BCUT2D eigenvalue weighted by molar-refractivity contribution is 0.0526. The van der Waals surface area contributed by atoms with Gasteiger partial charge in [-0.05, 0) is 45.0 Å². The van der Waals surface area contributed by atoms with E-state index in [9.17, 15) is 9.59 Å². The molecule has 1 aromatic carbocycles. The molecule has 4 N–H and O–H groups in total. The second kappa shape index (κ2) is 7.69. The highest BCUT2D eigenvalue weighted by atomic mass is 16.6. The molecule has 2 amide bonds. The number of nitrogens with one attached hydrogen (secondary N) is 2. The third-order valence-corrected chi connectivity index (χ3v) is 3.04. The van der Waals surface area contributed by atoms with Crippen LogP contribution >= 0.6 is 0 Å². The number of nitrogen functional groups attached to an aromatic ring is 1. The van der Waals surface area contributed by atoms with Crippen LogP contribution in [0.5, 0.6) is 0 Å². The first kappa shape index (κ1) is 18.3. The summed E-state index contributed by atoms with van der Waals surface area (Å²) in [4.78, 5) is 23.6. The van der Waals surface area contributed by atoms with Crippen LogP contribution in [0.4, 0.5) is 10.5 Å². The fourth-order valence-corrected chi connectivity index (χ4v) is 2.00. The van der Waals surface area contributed by atoms with Gasteiger partial charge in [-0.1, -0.05) is 6.07 Å². The zero-order valence-corrected chi connectivity index (χ0v) is 14.6. The van der Waals surface area contributed by atoms with Crippen molar-refractivity contribution in [2.75, 3.05) is 18.8 Å². The first-order chi connectivity index (χ1) is 11.7. The van der Waals surface area contributed by atoms with E-state index in [1.807, 2.05) is 12.1 Å². The molecule has 0 radical (unpaired) electrons. The molecule has 8 heteroatoms. The maximum absolute atomic E-state index is 12.1. The van der Waals surface area contributed by atoms with Gasteiger partial charge in [-0.2, -0.15) is 5.10 Å². The first-order valence-corrected chi connectivity index (χ1v) is 7.91. The number of amides is 2. The van der Waals surface area contributed by atoms with Crippen LogP contribution in [0, 0.1) is 0 Å². The largest absolute Gasteiger partial charge is 0.444 e. The molecule has 2 aromatic rings. The Morgan fingerprint density at radius 3 is 2.60 bits per heavy atom. The number of benzene rings is 1. The van der Waals surface area contributed by atoms with Gasteiger partial charge >= 0.3 is 6.09 Å². The van der Waals surface area contributed by atoms with Crippen LogP contribution in [-0.4, -0.2) is 40.5 Å². The lowest BCUT2D eigenvalue weighted by atomic mass is 10.2. The zero-order chi connectivity index (χ0) is 18.4. The van der Waals surface area contributed by atoms with E-state index in [-0.39, 0.29) is 24.7 Å². The molecule has 0 aliphatic rings. The molecule has 0 fully saturated rings. The number of nitrogens with zero attached hydrogens (tertiary/aromatic N) is 2. The molecule has 0 unspecified atom stereocenters. The van der Waals surface area contributed by atoms with Crippen LogP contribution < -0.4 is 16.4 Å². The highest BCUT2D eigenvalue weighted by Gasteiger charge is 2.15. The monoisotopic (exact) mass is 345 g/mol. The van der Waals surface area contributed by atoms with Crippen molar-refractivity contribution in [1.29, 1.82) is 0 Å². The van der Waals surface area contributed by atoms with Gasteiger partial charge in [-0.25, -0.2) is 9.48 Å². The van der Waals surface area contributed by atoms with Gasteiger partial charge in [0, 0.05) is 25.0 Å². The third kappa shape index (κ3) is 5.83. The van der Waals surface area contributed by atoms with E-state index in [1.165, 1.54) is 0 Å². The van der Waals surface area contributed by atoms with Gasteiger partial charge in [0.1, 0.15) is 5.60 Å². The Kier molecular flexibility index (Phi) is 5.63. The molecule has 1 heterocycles. The lowest BCUT2D eigenvalue weighted by Crippen LogP contribution is -2.38. The molecule has 0 saturated heterocycles. The average molecular weight is 345 g/mol. The number of carbonyl (C=O) groups is 2. The second-order valence-electron chi connectivity index (χ2n) is 6.43. The Bertz CT molecular complexity index is 749. The predicted octanol–water partition coefficient (Wildman–Crippen LogP) is 1.71. The third-order valence-electron chi connectivity index (χ3n) is 3.04. The first-order valence-electron chi connectivity index (χ1n) is 7.91. The number of alkyl carbamates (subject to hydrolysis) is 1. The molecule has 0 spiro atoms. The van der Waals surface area contributed by atoms with Crippen molar-refractivity contribution in [1.82, 2.24) is 20.4 Å². The van der Waals surface area contributed by atoms with Crippen LogP contribution in [-0.2, 0) is 4.74 Å². The fraction of sp³-hybridized carbons (Fsp3) is 0.353. The van der Waals surface area contributed by atoms with Gasteiger partial charge in [-0.3, -0.25) is 4.79 Å². The van der Waals surface area contributed by atoms with Crippen LogP contribution in [0.15, 0.2) is 36.5 Å². The number of hydrogen-bond donors (Lipinski definition) is 3. The van der Waals surface area contributed by atoms with Gasteiger partial charge in [-0.15, -0.1) is 0 Å². The summed E-state index contributed by atoms with van der Waals surface area (Å²) in [5.74, 6) is -0.325. The van der Waals surface area contributed by atoms with Crippen molar-refractivity contribution in [2.45, 2.75) is 26.4 Å². The maximum Gasteiger partial charge on any atom is 0.407 e. The summed E-state index contributed by atoms with van der Waals surface area (Å²) in [7, 11) is 0. The summed E-state index contributed by atoms with van der Waals surface area (Å²) in [5, 5.41) is 9.47. The van der Waals surface area contributed by atoms with Crippen molar-refractivity contribution < 1.29 is 14.3 Å². The number of nitrogens with two attached hydrogens (primary N) is 1. The van der Waals surface area contributed by atoms with Crippen LogP contribution in [0.3, 0.4) is 0 Å². The minimum absolute atomic E-state index is 0.260. The number of carbonyl (C=O) groups excluding carboxylic acids is 2. The summed E-state index contributed by atoms with van der Waals surface area (Å²) in [5.41, 5.74) is 6.85. The maximum atomic E-state index is 12.1. The summed E-state index contributed by atoms with van der Waals surface area (Å²) in [6, 6.07) is 8.81. The Hall–Kier alpha value is -3.03. The van der Waals surface area contributed by atoms with Gasteiger partial charge < -0.3 is 21.1 Å². The smallest absolute Gasteiger partial charge is 0.407 e. The van der Waals surface area contributed by atoms with E-state index in [0.717, 1.165) is 5.69 Å². The number of ether oxygens (including phenoxy) is 1. The van der Waals surface area contributed by atoms with E-state index >= 15 is 0 Å². The quantitative estimate of drug-likeness (QED) is 0.564. The van der Waals surface area contributed by atoms with E-state index in [0.29, 0.717) is 5.69 Å². The van der Waals surface area contributed by atoms with Crippen LogP contribution in [0.2, 0.25) is 0 Å². The van der Waals surface area contributed by atoms with Gasteiger partial charge in [0.2, 0.25) is 0 Å². The minimum atomic E-state index is -0.555. The van der Waals surface area contributed by atoms with Crippen LogP contribution in [0.1, 0.15) is 31.3 Å². The number of anilines is 1. The minimum Gasteiger partial charge on any atom is -0.444 e. The van der Waals surface area contributed by atoms with Crippen molar-refractivity contribution in [3.63, 3.8) is 0 Å². The molecule has 134 valence electrons. The molecule has 25 heavy (non-hydrogen) atoms. The van der Waals surface area contributed by atoms with Crippen molar-refractivity contribution in [3.05, 3.63) is 42.2 Å². The molecule has 0 bridgehead atoms. The Morgan fingerprint density at radius 1 is 1.20 bits per heavy atom. The second-order valence-corrected chi connectivity index (χ2v) is 6.43. The number of aromatic nitrogens is 2. The number of hydrogen-bond acceptors (Lipinski definition) is 5. The summed E-state index contributed by atoms with van der Waals surface area (Å²) >= 11 is 0. The molecule has 0 aliphatic carbocycles. The Morgan fingerprint density at radius 2 is 1.92 bits per heavy atom. The molecule has 2 rings (SSSR count). The van der Waals surface area contributed by atoms with Crippen LogP contribution in [0.25, 0.3) is 5.69 Å². The molecule has 0 saturated carbocycles. The molecular formula is C17H23N5O3. The normalized spacial score (nSPS) is 11.0. The van der Waals surface area contributed by atoms with E-state index in [2.05, 4.69) is 15.7 Å². The SMILES string of the molecule is CC(C)(C)OC(=O)NCCNC(=O)c1ccn(-c2cccc(N)c2)n1. The fourth-order valence-electron chi connectivity index (χ4n) is 2.00. The van der Waals surface area contributed by atoms with Gasteiger partial charge in [0.05, 0.1) is 5.69 Å². The Labute approximate surface area is 146 Å². The highest BCUT2D eigenvalue weighted by molar-refractivity contribution is 5.92. The predicted molar refractivity (Wildman–Crippen MR) is 94.5 cm³/mol. The van der Waals surface area contributed by atoms with Crippen molar-refractivity contribution >= 4 is 17.7 Å². The summed E-state index contributed by atoms with van der Waals surface area (Å²) in [6.07, 6.45) is 1.16. The molecule has 0 atom stereocenters. The lowest BCUT2D eigenvalue weighted by Gasteiger charge is -2.19. The van der Waals surface area contributed by atoms with E-state index < -0.39 is 11.7 Å². The molecule has 8 nitrogen and oxygen atoms in total. The standard InChI is InChI=1S/C17H23N5O3/c1-17(2,3)25-16(24)20-9-8-19-15(23)14-7-10-22(21-14)13-6-4-5-12(18)11-13/h4-7,10-11H,8-9,18H2,1-3H3,(H,19,23)(H,20,24). The van der Waals surface area contributed by atoms with Gasteiger partial charge in [0.25, 0.3) is 5.91 Å². The topological polar surface area (TPSA) is 111 Å². The highest BCUT2D eigenvalue weighted by Crippen LogP contribution is 2.11. The van der Waals surface area contributed by atoms with Crippen molar-refractivity contribution in [2.24, 2.45) is 0 Å². The molecule has 1 aromatic heterocycles. The Balaban J connectivity index is 1.81. The van der Waals surface area contributed by atoms with Gasteiger partial charge in [0.15, 0.2) is 5.69 Å². The number of rotatable bonds is 5. The summed E-state index contributed by atoms with van der Waals surface area (Å²) in [6.45, 7) is 5.88. The zero-order valence-electron chi connectivity index (χ0n) is 14.6. The molecule has 0 aliphatic heterocycles. The van der Waals surface area contributed by atoms with Crippen molar-refractivity contribution in [3.8, 4) is 5.69 Å². The average Bonchev–Trinajstić information content (AvgIpc) is 2.99.